The summed E-state index contributed by atoms with van der Waals surface area (Å²) in [6, 6.07) is 20.6. The van der Waals surface area contributed by atoms with Crippen LogP contribution in [0.5, 0.6) is 0 Å². The molecule has 0 aliphatic rings. The predicted molar refractivity (Wildman–Crippen MR) is 93.9 cm³/mol. The molecule has 2 heterocycles. The van der Waals surface area contributed by atoms with E-state index < -0.39 is 0 Å². The lowest BCUT2D eigenvalue weighted by Crippen LogP contribution is -1.92. The lowest BCUT2D eigenvalue weighted by Gasteiger charge is -2.12. The van der Waals surface area contributed by atoms with E-state index in [1.807, 2.05) is 36.5 Å². The fourth-order valence-corrected chi connectivity index (χ4v) is 2.70. The second kappa shape index (κ2) is 6.38. The highest BCUT2D eigenvalue weighted by molar-refractivity contribution is 5.86. The van der Waals surface area contributed by atoms with E-state index in [1.54, 1.807) is 6.20 Å². The van der Waals surface area contributed by atoms with Crippen LogP contribution in [0.25, 0.3) is 33.6 Å². The normalized spacial score (nSPS) is 10.5. The molecule has 2 aromatic carbocycles. The topological polar surface area (TPSA) is 51.6 Å². The lowest BCUT2D eigenvalue weighted by molar-refractivity contribution is 1.06. The SMILES string of the molecule is c1ccc(-c2ccc(-c3ncncn3)cc2-c2cccnc2)cc1. The van der Waals surface area contributed by atoms with Crippen molar-refractivity contribution in [2.75, 3.05) is 0 Å². The van der Waals surface area contributed by atoms with Crippen LogP contribution in [0.2, 0.25) is 0 Å². The number of hydrogen-bond acceptors (Lipinski definition) is 4. The number of aromatic nitrogens is 4. The third kappa shape index (κ3) is 2.77. The molecule has 0 saturated heterocycles. The van der Waals surface area contributed by atoms with Gasteiger partial charge in [-0.2, -0.15) is 0 Å². The van der Waals surface area contributed by atoms with Gasteiger partial charge in [0.15, 0.2) is 5.82 Å². The van der Waals surface area contributed by atoms with Gasteiger partial charge < -0.3 is 0 Å². The van der Waals surface area contributed by atoms with Crippen LogP contribution < -0.4 is 0 Å². The van der Waals surface area contributed by atoms with Crippen molar-refractivity contribution in [1.82, 2.24) is 19.9 Å². The summed E-state index contributed by atoms with van der Waals surface area (Å²) in [5, 5.41) is 0. The van der Waals surface area contributed by atoms with Crippen LogP contribution in [0.3, 0.4) is 0 Å². The zero-order valence-corrected chi connectivity index (χ0v) is 12.9. The van der Waals surface area contributed by atoms with Crippen molar-refractivity contribution < 1.29 is 0 Å². The minimum absolute atomic E-state index is 0.662. The largest absolute Gasteiger partial charge is 0.264 e. The van der Waals surface area contributed by atoms with E-state index in [4.69, 9.17) is 0 Å². The molecule has 4 nitrogen and oxygen atoms in total. The number of benzene rings is 2. The maximum absolute atomic E-state index is 4.26. The first-order valence-corrected chi connectivity index (χ1v) is 7.64. The molecular weight excluding hydrogens is 296 g/mol. The monoisotopic (exact) mass is 310 g/mol. The number of rotatable bonds is 3. The van der Waals surface area contributed by atoms with E-state index in [1.165, 1.54) is 18.2 Å². The summed E-state index contributed by atoms with van der Waals surface area (Å²) < 4.78 is 0. The number of hydrogen-bond donors (Lipinski definition) is 0. The molecule has 114 valence electrons. The van der Waals surface area contributed by atoms with Crippen LogP contribution in [0, 0.1) is 0 Å². The fraction of sp³-hybridized carbons (Fsp3) is 0. The molecule has 0 bridgehead atoms. The van der Waals surface area contributed by atoms with Gasteiger partial charge in [-0.1, -0.05) is 48.5 Å². The Hall–Kier alpha value is -3.40. The van der Waals surface area contributed by atoms with Crippen molar-refractivity contribution in [3.63, 3.8) is 0 Å². The summed E-state index contributed by atoms with van der Waals surface area (Å²) in [4.78, 5) is 16.6. The second-order valence-corrected chi connectivity index (χ2v) is 5.33. The molecule has 0 aliphatic carbocycles. The molecule has 0 saturated carbocycles. The third-order valence-corrected chi connectivity index (χ3v) is 3.83. The molecule has 0 N–H and O–H groups in total. The molecule has 0 spiro atoms. The van der Waals surface area contributed by atoms with Crippen molar-refractivity contribution in [1.29, 1.82) is 0 Å². The quantitative estimate of drug-likeness (QED) is 0.567. The minimum atomic E-state index is 0.662. The first-order chi connectivity index (χ1) is 11.9. The van der Waals surface area contributed by atoms with Crippen LogP contribution >= 0.6 is 0 Å². The molecule has 4 heteroatoms. The van der Waals surface area contributed by atoms with Crippen molar-refractivity contribution in [3.05, 3.63) is 85.7 Å². The van der Waals surface area contributed by atoms with Gasteiger partial charge in [0.25, 0.3) is 0 Å². The first-order valence-electron chi connectivity index (χ1n) is 7.64. The van der Waals surface area contributed by atoms with Crippen LogP contribution in [-0.2, 0) is 0 Å². The molecule has 24 heavy (non-hydrogen) atoms. The van der Waals surface area contributed by atoms with E-state index in [-0.39, 0.29) is 0 Å². The molecule has 4 rings (SSSR count). The predicted octanol–water partition coefficient (Wildman–Crippen LogP) is 4.27. The molecular formula is C20H14N4. The fourth-order valence-electron chi connectivity index (χ4n) is 2.70. The third-order valence-electron chi connectivity index (χ3n) is 3.83. The molecule has 0 radical (unpaired) electrons. The molecule has 4 aromatic rings. The van der Waals surface area contributed by atoms with Crippen molar-refractivity contribution >= 4 is 0 Å². The maximum Gasteiger partial charge on any atom is 0.162 e. The van der Waals surface area contributed by atoms with Crippen LogP contribution in [0.1, 0.15) is 0 Å². The first kappa shape index (κ1) is 14.2. The van der Waals surface area contributed by atoms with Gasteiger partial charge in [-0.25, -0.2) is 15.0 Å². The Morgan fingerprint density at radius 3 is 2.12 bits per heavy atom. The molecule has 0 aliphatic heterocycles. The molecule has 2 aromatic heterocycles. The summed E-state index contributed by atoms with van der Waals surface area (Å²) >= 11 is 0. The Labute approximate surface area is 139 Å². The highest BCUT2D eigenvalue weighted by Gasteiger charge is 2.10. The average molecular weight is 310 g/mol. The van der Waals surface area contributed by atoms with E-state index >= 15 is 0 Å². The number of pyridine rings is 1. The van der Waals surface area contributed by atoms with E-state index in [0.717, 1.165) is 22.3 Å². The standard InChI is InChI=1S/C20H14N4/c1-2-5-15(6-3-1)18-9-8-16(20-23-13-22-14-24-20)11-19(18)17-7-4-10-21-12-17/h1-14H. The molecule has 0 atom stereocenters. The maximum atomic E-state index is 4.26. The van der Waals surface area contributed by atoms with Gasteiger partial charge in [0, 0.05) is 23.5 Å². The highest BCUT2D eigenvalue weighted by Crippen LogP contribution is 2.34. The van der Waals surface area contributed by atoms with Crippen molar-refractivity contribution in [2.24, 2.45) is 0 Å². The molecule has 0 fully saturated rings. The zero-order valence-electron chi connectivity index (χ0n) is 12.9. The van der Waals surface area contributed by atoms with Gasteiger partial charge in [-0.3, -0.25) is 4.98 Å². The Kier molecular flexibility index (Phi) is 3.78. The molecule has 0 unspecified atom stereocenters. The Morgan fingerprint density at radius 1 is 0.583 bits per heavy atom. The van der Waals surface area contributed by atoms with Gasteiger partial charge in [0.2, 0.25) is 0 Å². The van der Waals surface area contributed by atoms with E-state index in [9.17, 15) is 0 Å². The summed E-state index contributed by atoms with van der Waals surface area (Å²) in [5.41, 5.74) is 5.44. The van der Waals surface area contributed by atoms with Gasteiger partial charge >= 0.3 is 0 Å². The zero-order chi connectivity index (χ0) is 16.2. The molecule has 0 amide bonds. The minimum Gasteiger partial charge on any atom is -0.264 e. The van der Waals surface area contributed by atoms with Gasteiger partial charge in [0.05, 0.1) is 0 Å². The summed E-state index contributed by atoms with van der Waals surface area (Å²) in [7, 11) is 0. The van der Waals surface area contributed by atoms with Gasteiger partial charge in [0.1, 0.15) is 12.7 Å². The second-order valence-electron chi connectivity index (χ2n) is 5.33. The van der Waals surface area contributed by atoms with Gasteiger partial charge in [-0.05, 0) is 28.8 Å². The van der Waals surface area contributed by atoms with E-state index in [2.05, 4.69) is 50.3 Å². The number of nitrogens with zero attached hydrogens (tertiary/aromatic N) is 4. The van der Waals surface area contributed by atoms with E-state index in [0.29, 0.717) is 5.82 Å². The highest BCUT2D eigenvalue weighted by atomic mass is 15.0. The Morgan fingerprint density at radius 2 is 1.38 bits per heavy atom. The van der Waals surface area contributed by atoms with Crippen molar-refractivity contribution in [2.45, 2.75) is 0 Å². The summed E-state index contributed by atoms with van der Waals surface area (Å²) in [6.45, 7) is 0. The van der Waals surface area contributed by atoms with Gasteiger partial charge in [-0.15, -0.1) is 0 Å². The van der Waals surface area contributed by atoms with Crippen LogP contribution in [0.15, 0.2) is 85.7 Å². The van der Waals surface area contributed by atoms with Crippen LogP contribution in [-0.4, -0.2) is 19.9 Å². The summed E-state index contributed by atoms with van der Waals surface area (Å²) in [5.74, 6) is 0.662. The average Bonchev–Trinajstić information content (AvgIpc) is 2.69. The lowest BCUT2D eigenvalue weighted by atomic mass is 9.93. The smallest absolute Gasteiger partial charge is 0.162 e. The van der Waals surface area contributed by atoms with Crippen molar-refractivity contribution in [3.8, 4) is 33.6 Å². The Bertz CT molecular complexity index is 939. The summed E-state index contributed by atoms with van der Waals surface area (Å²) in [6.07, 6.45) is 6.68. The van der Waals surface area contributed by atoms with Crippen LogP contribution in [0.4, 0.5) is 0 Å². The Balaban J connectivity index is 1.92.